The maximum atomic E-state index is 6.31. The zero-order valence-corrected chi connectivity index (χ0v) is 11.0. The van der Waals surface area contributed by atoms with Crippen LogP contribution in [0.5, 0.6) is 0 Å². The molecule has 0 unspecified atom stereocenters. The summed E-state index contributed by atoms with van der Waals surface area (Å²) < 4.78 is 5.05. The predicted molar refractivity (Wildman–Crippen MR) is 75.8 cm³/mol. The van der Waals surface area contributed by atoms with Crippen molar-refractivity contribution in [1.29, 1.82) is 0 Å². The van der Waals surface area contributed by atoms with Gasteiger partial charge < -0.3 is 15.0 Å². The molecule has 1 aromatic carbocycles. The molecule has 0 bridgehead atoms. The minimum atomic E-state index is 0.691. The van der Waals surface area contributed by atoms with E-state index in [4.69, 9.17) is 16.3 Å². The van der Waals surface area contributed by atoms with Crippen molar-refractivity contribution in [2.24, 2.45) is 0 Å². The highest BCUT2D eigenvalue weighted by atomic mass is 35.5. The van der Waals surface area contributed by atoms with Crippen LogP contribution in [0.4, 0.5) is 0 Å². The lowest BCUT2D eigenvalue weighted by Gasteiger charge is -2.03. The average Bonchev–Trinajstić information content (AvgIpc) is 2.71. The Bertz CT molecular complexity index is 521. The van der Waals surface area contributed by atoms with E-state index < -0.39 is 0 Å². The molecule has 2 aromatic rings. The van der Waals surface area contributed by atoms with Crippen LogP contribution in [0.25, 0.3) is 10.9 Å². The maximum Gasteiger partial charge on any atom is 0.0885 e. The number of fused-ring (bicyclic) bond motifs is 1. The fraction of sp³-hybridized carbons (Fsp3) is 0.286. The van der Waals surface area contributed by atoms with Gasteiger partial charge in [-0.2, -0.15) is 0 Å². The first-order chi connectivity index (χ1) is 8.83. The van der Waals surface area contributed by atoms with E-state index in [0.29, 0.717) is 6.61 Å². The lowest BCUT2D eigenvalue weighted by Crippen LogP contribution is -2.16. The van der Waals surface area contributed by atoms with Crippen LogP contribution < -0.4 is 5.32 Å². The molecule has 2 rings (SSSR count). The van der Waals surface area contributed by atoms with Crippen LogP contribution >= 0.6 is 11.6 Å². The minimum Gasteiger partial charge on any atom is -0.502 e. The molecule has 0 amide bonds. The van der Waals surface area contributed by atoms with E-state index in [1.807, 2.05) is 24.3 Å². The zero-order valence-electron chi connectivity index (χ0n) is 10.2. The van der Waals surface area contributed by atoms with Gasteiger partial charge in [0.25, 0.3) is 0 Å². The van der Waals surface area contributed by atoms with Crippen molar-refractivity contribution in [2.75, 3.05) is 13.2 Å². The highest BCUT2D eigenvalue weighted by Gasteiger charge is 2.07. The summed E-state index contributed by atoms with van der Waals surface area (Å²) in [4.78, 5) is 3.32. The van der Waals surface area contributed by atoms with Crippen LogP contribution in [-0.4, -0.2) is 18.1 Å². The molecule has 0 spiro atoms. The van der Waals surface area contributed by atoms with Gasteiger partial charge in [0.05, 0.1) is 17.9 Å². The van der Waals surface area contributed by atoms with Gasteiger partial charge in [0, 0.05) is 23.1 Å². The van der Waals surface area contributed by atoms with Gasteiger partial charge >= 0.3 is 0 Å². The largest absolute Gasteiger partial charge is 0.502 e. The van der Waals surface area contributed by atoms with Crippen LogP contribution in [0.15, 0.2) is 37.1 Å². The zero-order chi connectivity index (χ0) is 12.8. The molecule has 1 heterocycles. The monoisotopic (exact) mass is 264 g/mol. The minimum absolute atomic E-state index is 0.691. The summed E-state index contributed by atoms with van der Waals surface area (Å²) in [5.74, 6) is 0. The van der Waals surface area contributed by atoms with Gasteiger partial charge in [0.15, 0.2) is 0 Å². The number of H-pyrrole nitrogens is 1. The summed E-state index contributed by atoms with van der Waals surface area (Å²) in [6.45, 7) is 5.81. The van der Waals surface area contributed by atoms with E-state index in [0.717, 1.165) is 41.1 Å². The second-order valence-corrected chi connectivity index (χ2v) is 4.41. The maximum absolute atomic E-state index is 6.31. The smallest absolute Gasteiger partial charge is 0.0885 e. The SMILES string of the molecule is C=COCCCNCc1[nH]c2ccccc2c1Cl. The highest BCUT2D eigenvalue weighted by Crippen LogP contribution is 2.26. The predicted octanol–water partition coefficient (Wildman–Crippen LogP) is 3.46. The number of benzene rings is 1. The summed E-state index contributed by atoms with van der Waals surface area (Å²) in [6.07, 6.45) is 2.42. The second-order valence-electron chi connectivity index (χ2n) is 4.03. The first kappa shape index (κ1) is 13.0. The van der Waals surface area contributed by atoms with E-state index in [2.05, 4.69) is 16.9 Å². The molecule has 0 atom stereocenters. The molecule has 2 N–H and O–H groups in total. The number of halogens is 1. The molecule has 1 aromatic heterocycles. The first-order valence-corrected chi connectivity index (χ1v) is 6.39. The fourth-order valence-electron chi connectivity index (χ4n) is 1.86. The van der Waals surface area contributed by atoms with Gasteiger partial charge in [-0.15, -0.1) is 0 Å². The molecular formula is C14H17ClN2O. The molecule has 0 saturated carbocycles. The lowest BCUT2D eigenvalue weighted by atomic mass is 10.2. The van der Waals surface area contributed by atoms with Crippen molar-refractivity contribution in [3.8, 4) is 0 Å². The topological polar surface area (TPSA) is 37.0 Å². The molecule has 0 fully saturated rings. The van der Waals surface area contributed by atoms with Gasteiger partial charge in [-0.05, 0) is 19.0 Å². The standard InChI is InChI=1S/C14H17ClN2O/c1-2-18-9-5-8-16-10-13-14(15)11-6-3-4-7-12(11)17-13/h2-4,6-7,16-17H,1,5,8-10H2. The number of hydrogen-bond acceptors (Lipinski definition) is 2. The molecule has 0 aliphatic carbocycles. The number of para-hydroxylation sites is 1. The molecule has 0 saturated heterocycles. The number of rotatable bonds is 7. The summed E-state index contributed by atoms with van der Waals surface area (Å²) in [7, 11) is 0. The Morgan fingerprint density at radius 1 is 1.39 bits per heavy atom. The Balaban J connectivity index is 1.88. The van der Waals surface area contributed by atoms with Gasteiger partial charge in [0.1, 0.15) is 0 Å². The Morgan fingerprint density at radius 2 is 2.22 bits per heavy atom. The highest BCUT2D eigenvalue weighted by molar-refractivity contribution is 6.36. The Labute approximate surface area is 112 Å². The van der Waals surface area contributed by atoms with Crippen LogP contribution in [0.2, 0.25) is 5.02 Å². The van der Waals surface area contributed by atoms with Gasteiger partial charge in [-0.25, -0.2) is 0 Å². The fourth-order valence-corrected chi connectivity index (χ4v) is 2.14. The third kappa shape index (κ3) is 3.06. The summed E-state index contributed by atoms with van der Waals surface area (Å²) in [6, 6.07) is 8.04. The van der Waals surface area contributed by atoms with Crippen molar-refractivity contribution in [2.45, 2.75) is 13.0 Å². The number of nitrogens with one attached hydrogen (secondary N) is 2. The molecule has 0 aliphatic rings. The molecular weight excluding hydrogens is 248 g/mol. The van der Waals surface area contributed by atoms with Crippen molar-refractivity contribution in [1.82, 2.24) is 10.3 Å². The van der Waals surface area contributed by atoms with E-state index >= 15 is 0 Å². The van der Waals surface area contributed by atoms with Crippen LogP contribution in [-0.2, 0) is 11.3 Å². The van der Waals surface area contributed by atoms with Crippen molar-refractivity contribution in [3.05, 3.63) is 47.8 Å². The summed E-state index contributed by atoms with van der Waals surface area (Å²) in [5, 5.41) is 5.21. The normalized spacial score (nSPS) is 10.7. The molecule has 3 nitrogen and oxygen atoms in total. The summed E-state index contributed by atoms with van der Waals surface area (Å²) in [5.41, 5.74) is 2.11. The summed E-state index contributed by atoms with van der Waals surface area (Å²) >= 11 is 6.31. The molecule has 96 valence electrons. The van der Waals surface area contributed by atoms with E-state index in [9.17, 15) is 0 Å². The van der Waals surface area contributed by atoms with Gasteiger partial charge in [-0.1, -0.05) is 36.4 Å². The van der Waals surface area contributed by atoms with Crippen molar-refractivity contribution in [3.63, 3.8) is 0 Å². The average molecular weight is 265 g/mol. The van der Waals surface area contributed by atoms with E-state index in [-0.39, 0.29) is 0 Å². The number of aromatic amines is 1. The third-order valence-electron chi connectivity index (χ3n) is 2.75. The Morgan fingerprint density at radius 3 is 3.00 bits per heavy atom. The molecule has 18 heavy (non-hydrogen) atoms. The Kier molecular flexibility index (Phi) is 4.67. The Hall–Kier alpha value is -1.45. The van der Waals surface area contributed by atoms with E-state index in [1.165, 1.54) is 6.26 Å². The quantitative estimate of drug-likeness (QED) is 0.594. The van der Waals surface area contributed by atoms with Gasteiger partial charge in [0.2, 0.25) is 0 Å². The lowest BCUT2D eigenvalue weighted by molar-refractivity contribution is 0.244. The van der Waals surface area contributed by atoms with Gasteiger partial charge in [-0.3, -0.25) is 0 Å². The molecule has 0 radical (unpaired) electrons. The van der Waals surface area contributed by atoms with Crippen LogP contribution in [0.3, 0.4) is 0 Å². The third-order valence-corrected chi connectivity index (χ3v) is 3.18. The van der Waals surface area contributed by atoms with Crippen molar-refractivity contribution < 1.29 is 4.74 Å². The molecule has 0 aliphatic heterocycles. The van der Waals surface area contributed by atoms with Crippen LogP contribution in [0, 0.1) is 0 Å². The van der Waals surface area contributed by atoms with Crippen molar-refractivity contribution >= 4 is 22.5 Å². The number of hydrogen-bond donors (Lipinski definition) is 2. The van der Waals surface area contributed by atoms with E-state index in [1.54, 1.807) is 0 Å². The molecule has 4 heteroatoms. The number of aromatic nitrogens is 1. The second kappa shape index (κ2) is 6.47. The first-order valence-electron chi connectivity index (χ1n) is 6.01. The number of ether oxygens (including phenoxy) is 1. The van der Waals surface area contributed by atoms with Crippen LogP contribution in [0.1, 0.15) is 12.1 Å².